The smallest absolute Gasteiger partial charge is 0.212 e. The predicted molar refractivity (Wildman–Crippen MR) is 52.0 cm³/mol. The Bertz CT molecular complexity index is 270. The quantitative estimate of drug-likeness (QED) is 0.720. The second-order valence-corrected chi connectivity index (χ2v) is 5.21. The Hall–Kier alpha value is -0.300. The van der Waals surface area contributed by atoms with Crippen LogP contribution in [0.1, 0.15) is 26.7 Å². The van der Waals surface area contributed by atoms with Crippen LogP contribution in [0.3, 0.4) is 0 Å². The van der Waals surface area contributed by atoms with Crippen molar-refractivity contribution in [1.82, 2.24) is 4.31 Å². The zero-order valence-electron chi connectivity index (χ0n) is 8.84. The SMILES string of the molecule is CCN(CC)S(=O)(=O)CCCC(F)(F)F. The molecule has 15 heavy (non-hydrogen) atoms. The van der Waals surface area contributed by atoms with E-state index < -0.39 is 28.4 Å². The minimum absolute atomic E-state index is 0.296. The normalized spacial score (nSPS) is 13.5. The van der Waals surface area contributed by atoms with E-state index in [-0.39, 0.29) is 6.42 Å². The van der Waals surface area contributed by atoms with Crippen LogP contribution in [0.15, 0.2) is 0 Å². The van der Waals surface area contributed by atoms with Crippen molar-refractivity contribution in [3.63, 3.8) is 0 Å². The summed E-state index contributed by atoms with van der Waals surface area (Å²) in [5, 5.41) is 0. The molecule has 0 aromatic carbocycles. The summed E-state index contributed by atoms with van der Waals surface area (Å²) in [5.74, 6) is -0.436. The molecule has 3 nitrogen and oxygen atoms in total. The summed E-state index contributed by atoms with van der Waals surface area (Å²) in [7, 11) is -3.51. The minimum atomic E-state index is -4.28. The van der Waals surface area contributed by atoms with Crippen molar-refractivity contribution in [2.45, 2.75) is 32.9 Å². The highest BCUT2D eigenvalue weighted by molar-refractivity contribution is 7.89. The molecule has 0 aromatic rings. The van der Waals surface area contributed by atoms with Crippen LogP contribution in [0.5, 0.6) is 0 Å². The molecule has 0 aromatic heterocycles. The van der Waals surface area contributed by atoms with Crippen molar-refractivity contribution in [1.29, 1.82) is 0 Å². The van der Waals surface area contributed by atoms with Gasteiger partial charge in [-0.3, -0.25) is 0 Å². The van der Waals surface area contributed by atoms with Crippen molar-refractivity contribution in [2.75, 3.05) is 18.8 Å². The lowest BCUT2D eigenvalue weighted by molar-refractivity contribution is -0.134. The van der Waals surface area contributed by atoms with Gasteiger partial charge in [-0.1, -0.05) is 13.8 Å². The number of rotatable bonds is 6. The second kappa shape index (κ2) is 5.69. The van der Waals surface area contributed by atoms with E-state index in [0.29, 0.717) is 13.1 Å². The fourth-order valence-corrected chi connectivity index (χ4v) is 2.76. The largest absolute Gasteiger partial charge is 0.389 e. The highest BCUT2D eigenvalue weighted by Gasteiger charge is 2.28. The van der Waals surface area contributed by atoms with Gasteiger partial charge in [0, 0.05) is 19.5 Å². The Morgan fingerprint density at radius 2 is 1.60 bits per heavy atom. The van der Waals surface area contributed by atoms with E-state index in [0.717, 1.165) is 0 Å². The Morgan fingerprint density at radius 1 is 1.13 bits per heavy atom. The van der Waals surface area contributed by atoms with Crippen molar-refractivity contribution < 1.29 is 21.6 Å². The maximum atomic E-state index is 11.8. The van der Waals surface area contributed by atoms with Gasteiger partial charge in [0.1, 0.15) is 0 Å². The first-order valence-electron chi connectivity index (χ1n) is 4.77. The number of alkyl halides is 3. The van der Waals surface area contributed by atoms with Gasteiger partial charge in [-0.15, -0.1) is 0 Å². The van der Waals surface area contributed by atoms with Crippen LogP contribution >= 0.6 is 0 Å². The predicted octanol–water partition coefficient (Wildman–Crippen LogP) is 2.00. The molecule has 0 spiro atoms. The average molecular weight is 247 g/mol. The molecule has 0 atom stereocenters. The summed E-state index contributed by atoms with van der Waals surface area (Å²) >= 11 is 0. The molecule has 92 valence electrons. The van der Waals surface area contributed by atoms with Gasteiger partial charge >= 0.3 is 6.18 Å². The molecular weight excluding hydrogens is 231 g/mol. The van der Waals surface area contributed by atoms with Gasteiger partial charge in [-0.2, -0.15) is 13.2 Å². The van der Waals surface area contributed by atoms with Gasteiger partial charge in [-0.05, 0) is 6.42 Å². The molecule has 0 saturated heterocycles. The van der Waals surface area contributed by atoms with Gasteiger partial charge < -0.3 is 0 Å². The van der Waals surface area contributed by atoms with Crippen LogP contribution in [-0.4, -0.2) is 37.7 Å². The highest BCUT2D eigenvalue weighted by Crippen LogP contribution is 2.21. The molecule has 0 aliphatic rings. The molecular formula is C8H16F3NO2S. The van der Waals surface area contributed by atoms with Crippen LogP contribution in [0.25, 0.3) is 0 Å². The van der Waals surface area contributed by atoms with Gasteiger partial charge in [0.2, 0.25) is 10.0 Å². The Balaban J connectivity index is 4.16. The summed E-state index contributed by atoms with van der Waals surface area (Å²) < 4.78 is 59.4. The van der Waals surface area contributed by atoms with Crippen molar-refractivity contribution in [3.05, 3.63) is 0 Å². The third-order valence-electron chi connectivity index (χ3n) is 1.96. The number of hydrogen-bond donors (Lipinski definition) is 0. The summed E-state index contributed by atoms with van der Waals surface area (Å²) in [6, 6.07) is 0. The molecule has 0 aliphatic carbocycles. The zero-order valence-corrected chi connectivity index (χ0v) is 9.66. The topological polar surface area (TPSA) is 37.4 Å². The molecule has 0 N–H and O–H groups in total. The van der Waals surface area contributed by atoms with E-state index in [9.17, 15) is 21.6 Å². The molecule has 0 unspecified atom stereocenters. The lowest BCUT2D eigenvalue weighted by Crippen LogP contribution is -2.33. The van der Waals surface area contributed by atoms with E-state index in [1.807, 2.05) is 0 Å². The summed E-state index contributed by atoms with van der Waals surface area (Å²) in [5.41, 5.74) is 0. The molecule has 0 heterocycles. The first-order chi connectivity index (χ1) is 6.73. The molecule has 0 radical (unpaired) electrons. The Labute approximate surface area is 88.3 Å². The molecule has 7 heteroatoms. The number of halogens is 3. The Morgan fingerprint density at radius 3 is 1.93 bits per heavy atom. The molecule has 0 saturated carbocycles. The number of nitrogens with zero attached hydrogens (tertiary/aromatic N) is 1. The minimum Gasteiger partial charge on any atom is -0.212 e. The van der Waals surface area contributed by atoms with Gasteiger partial charge in [0.25, 0.3) is 0 Å². The van der Waals surface area contributed by atoms with E-state index in [2.05, 4.69) is 0 Å². The summed E-state index contributed by atoms with van der Waals surface area (Å²) in [6.07, 6.45) is -5.70. The fourth-order valence-electron chi connectivity index (χ4n) is 1.20. The third-order valence-corrected chi connectivity index (χ3v) is 4.07. The first kappa shape index (κ1) is 14.7. The van der Waals surface area contributed by atoms with Gasteiger partial charge in [0.15, 0.2) is 0 Å². The first-order valence-corrected chi connectivity index (χ1v) is 6.38. The van der Waals surface area contributed by atoms with E-state index in [1.54, 1.807) is 13.8 Å². The average Bonchev–Trinajstić information content (AvgIpc) is 2.02. The van der Waals surface area contributed by atoms with E-state index in [1.165, 1.54) is 4.31 Å². The van der Waals surface area contributed by atoms with Gasteiger partial charge in [-0.25, -0.2) is 12.7 Å². The second-order valence-electron chi connectivity index (χ2n) is 3.12. The lowest BCUT2D eigenvalue weighted by Gasteiger charge is -2.18. The van der Waals surface area contributed by atoms with E-state index >= 15 is 0 Å². The van der Waals surface area contributed by atoms with Crippen LogP contribution < -0.4 is 0 Å². The van der Waals surface area contributed by atoms with Crippen molar-refractivity contribution in [2.24, 2.45) is 0 Å². The lowest BCUT2D eigenvalue weighted by atomic mass is 10.3. The Kier molecular flexibility index (Phi) is 5.58. The molecule has 0 aliphatic heterocycles. The molecule has 0 fully saturated rings. The number of sulfonamides is 1. The monoisotopic (exact) mass is 247 g/mol. The van der Waals surface area contributed by atoms with Crippen LogP contribution in [0, 0.1) is 0 Å². The van der Waals surface area contributed by atoms with Crippen LogP contribution in [0.4, 0.5) is 13.2 Å². The van der Waals surface area contributed by atoms with E-state index in [4.69, 9.17) is 0 Å². The highest BCUT2D eigenvalue weighted by atomic mass is 32.2. The molecule has 0 rings (SSSR count). The van der Waals surface area contributed by atoms with Gasteiger partial charge in [0.05, 0.1) is 5.75 Å². The fraction of sp³-hybridized carbons (Fsp3) is 1.00. The maximum Gasteiger partial charge on any atom is 0.389 e. The van der Waals surface area contributed by atoms with Crippen LogP contribution in [-0.2, 0) is 10.0 Å². The van der Waals surface area contributed by atoms with Crippen molar-refractivity contribution >= 4 is 10.0 Å². The van der Waals surface area contributed by atoms with Crippen LogP contribution in [0.2, 0.25) is 0 Å². The summed E-state index contributed by atoms with van der Waals surface area (Å²) in [6.45, 7) is 3.91. The summed E-state index contributed by atoms with van der Waals surface area (Å²) in [4.78, 5) is 0. The number of hydrogen-bond acceptors (Lipinski definition) is 2. The van der Waals surface area contributed by atoms with Crippen molar-refractivity contribution in [3.8, 4) is 0 Å². The zero-order chi connectivity index (χ0) is 12.1. The maximum absolute atomic E-state index is 11.8. The third kappa shape index (κ3) is 5.99. The molecule has 0 bridgehead atoms. The standard InChI is InChI=1S/C8H16F3NO2S/c1-3-12(4-2)15(13,14)7-5-6-8(9,10)11/h3-7H2,1-2H3. The molecule has 0 amide bonds.